The van der Waals surface area contributed by atoms with Gasteiger partial charge in [0, 0.05) is 18.9 Å². The third-order valence-electron chi connectivity index (χ3n) is 2.40. The summed E-state index contributed by atoms with van der Waals surface area (Å²) in [7, 11) is 0. The van der Waals surface area contributed by atoms with Gasteiger partial charge in [0.1, 0.15) is 4.88 Å². The lowest BCUT2D eigenvalue weighted by atomic mass is 10.2. The number of thiazole rings is 1. The van der Waals surface area contributed by atoms with Crippen molar-refractivity contribution in [2.24, 2.45) is 0 Å². The number of nitrogens with one attached hydrogen (secondary N) is 1. The zero-order valence-electron chi connectivity index (χ0n) is 9.88. The molecule has 0 saturated carbocycles. The van der Waals surface area contributed by atoms with Gasteiger partial charge in [-0.1, -0.05) is 17.4 Å². The number of aromatic carboxylic acids is 1. The van der Waals surface area contributed by atoms with Crippen molar-refractivity contribution >= 4 is 22.4 Å². The number of pyridine rings is 1. The van der Waals surface area contributed by atoms with Gasteiger partial charge < -0.3 is 10.4 Å². The van der Waals surface area contributed by atoms with Crippen molar-refractivity contribution in [2.75, 3.05) is 11.9 Å². The summed E-state index contributed by atoms with van der Waals surface area (Å²) in [4.78, 5) is 19.4. The highest BCUT2D eigenvalue weighted by Crippen LogP contribution is 2.22. The van der Waals surface area contributed by atoms with Crippen molar-refractivity contribution in [3.05, 3.63) is 40.7 Å². The molecule has 0 spiro atoms. The topological polar surface area (TPSA) is 75.1 Å². The second kappa shape index (κ2) is 5.59. The fourth-order valence-corrected chi connectivity index (χ4v) is 2.36. The standard InChI is InChI=1S/C12H13N3O2S/c1-8-10(11(16)17)18-12(15-8)14-6-4-9-3-2-5-13-7-9/h2-3,5,7H,4,6H2,1H3,(H,14,15)(H,16,17). The van der Waals surface area contributed by atoms with Crippen molar-refractivity contribution in [1.82, 2.24) is 9.97 Å². The molecule has 2 rings (SSSR count). The molecule has 2 heterocycles. The summed E-state index contributed by atoms with van der Waals surface area (Å²) < 4.78 is 0. The Morgan fingerprint density at radius 3 is 3.00 bits per heavy atom. The zero-order valence-corrected chi connectivity index (χ0v) is 10.7. The molecule has 0 atom stereocenters. The van der Waals surface area contributed by atoms with Gasteiger partial charge in [0.05, 0.1) is 5.69 Å². The van der Waals surface area contributed by atoms with E-state index in [1.165, 1.54) is 11.3 Å². The predicted molar refractivity (Wildman–Crippen MR) is 70.2 cm³/mol. The second-order valence-electron chi connectivity index (χ2n) is 3.78. The van der Waals surface area contributed by atoms with Crippen LogP contribution in [0.4, 0.5) is 5.13 Å². The lowest BCUT2D eigenvalue weighted by molar-refractivity contribution is 0.0701. The summed E-state index contributed by atoms with van der Waals surface area (Å²) in [5.74, 6) is -0.926. The highest BCUT2D eigenvalue weighted by atomic mass is 32.1. The van der Waals surface area contributed by atoms with Crippen LogP contribution in [0, 0.1) is 6.92 Å². The van der Waals surface area contributed by atoms with E-state index in [0.717, 1.165) is 12.0 Å². The highest BCUT2D eigenvalue weighted by molar-refractivity contribution is 7.17. The van der Waals surface area contributed by atoms with Gasteiger partial charge in [0.2, 0.25) is 0 Å². The third-order valence-corrected chi connectivity index (χ3v) is 3.51. The van der Waals surface area contributed by atoms with Crippen LogP contribution in [0.5, 0.6) is 0 Å². The van der Waals surface area contributed by atoms with E-state index >= 15 is 0 Å². The minimum absolute atomic E-state index is 0.291. The molecule has 0 bridgehead atoms. The molecule has 0 aliphatic heterocycles. The monoisotopic (exact) mass is 263 g/mol. The third kappa shape index (κ3) is 3.04. The number of aromatic nitrogens is 2. The number of hydrogen-bond donors (Lipinski definition) is 2. The average molecular weight is 263 g/mol. The summed E-state index contributed by atoms with van der Waals surface area (Å²) in [6, 6.07) is 3.90. The Morgan fingerprint density at radius 2 is 2.39 bits per heavy atom. The zero-order chi connectivity index (χ0) is 13.0. The van der Waals surface area contributed by atoms with Crippen molar-refractivity contribution in [3.8, 4) is 0 Å². The molecule has 2 aromatic heterocycles. The maximum Gasteiger partial charge on any atom is 0.347 e. The number of anilines is 1. The van der Waals surface area contributed by atoms with E-state index in [1.54, 1.807) is 13.1 Å². The first-order valence-corrected chi connectivity index (χ1v) is 6.32. The maximum atomic E-state index is 10.9. The number of carbonyl (C=O) groups is 1. The van der Waals surface area contributed by atoms with Gasteiger partial charge in [0.25, 0.3) is 0 Å². The molecular weight excluding hydrogens is 250 g/mol. The molecule has 0 unspecified atom stereocenters. The van der Waals surface area contributed by atoms with Gasteiger partial charge in [-0.05, 0) is 25.0 Å². The Balaban J connectivity index is 1.91. The Hall–Kier alpha value is -1.95. The van der Waals surface area contributed by atoms with Crippen molar-refractivity contribution in [2.45, 2.75) is 13.3 Å². The number of rotatable bonds is 5. The molecule has 2 aromatic rings. The van der Waals surface area contributed by atoms with Crippen LogP contribution in [0.15, 0.2) is 24.5 Å². The lowest BCUT2D eigenvalue weighted by Crippen LogP contribution is -2.04. The van der Waals surface area contributed by atoms with Gasteiger partial charge >= 0.3 is 5.97 Å². The number of nitrogens with zero attached hydrogens (tertiary/aromatic N) is 2. The van der Waals surface area contributed by atoms with E-state index < -0.39 is 5.97 Å². The van der Waals surface area contributed by atoms with Gasteiger partial charge in [-0.15, -0.1) is 0 Å². The molecule has 0 radical (unpaired) electrons. The van der Waals surface area contributed by atoms with Crippen LogP contribution in [0.25, 0.3) is 0 Å². The van der Waals surface area contributed by atoms with E-state index in [4.69, 9.17) is 5.11 Å². The minimum atomic E-state index is -0.926. The fraction of sp³-hybridized carbons (Fsp3) is 0.250. The first-order valence-electron chi connectivity index (χ1n) is 5.50. The Labute approximate surface area is 109 Å². The normalized spacial score (nSPS) is 10.3. The second-order valence-corrected chi connectivity index (χ2v) is 4.78. The lowest BCUT2D eigenvalue weighted by Gasteiger charge is -2.01. The molecule has 0 aliphatic carbocycles. The van der Waals surface area contributed by atoms with E-state index in [2.05, 4.69) is 15.3 Å². The molecule has 94 valence electrons. The largest absolute Gasteiger partial charge is 0.477 e. The minimum Gasteiger partial charge on any atom is -0.477 e. The van der Waals surface area contributed by atoms with Crippen molar-refractivity contribution in [3.63, 3.8) is 0 Å². The molecule has 0 amide bonds. The average Bonchev–Trinajstić information content (AvgIpc) is 2.72. The van der Waals surface area contributed by atoms with Crippen LogP contribution in [0.1, 0.15) is 20.9 Å². The van der Waals surface area contributed by atoms with Crippen LogP contribution >= 0.6 is 11.3 Å². The molecule has 5 nitrogen and oxygen atoms in total. The van der Waals surface area contributed by atoms with Gasteiger partial charge in [-0.2, -0.15) is 0 Å². The number of carboxylic acids is 1. The molecule has 6 heteroatoms. The van der Waals surface area contributed by atoms with Crippen LogP contribution in [-0.4, -0.2) is 27.6 Å². The molecular formula is C12H13N3O2S. The van der Waals surface area contributed by atoms with Crippen LogP contribution in [0.3, 0.4) is 0 Å². The molecule has 18 heavy (non-hydrogen) atoms. The van der Waals surface area contributed by atoms with Crippen LogP contribution in [-0.2, 0) is 6.42 Å². The van der Waals surface area contributed by atoms with Gasteiger partial charge in [-0.3, -0.25) is 4.98 Å². The van der Waals surface area contributed by atoms with E-state index in [1.807, 2.05) is 18.3 Å². The van der Waals surface area contributed by atoms with E-state index in [9.17, 15) is 4.79 Å². The molecule has 0 saturated heterocycles. The number of hydrogen-bond acceptors (Lipinski definition) is 5. The van der Waals surface area contributed by atoms with Gasteiger partial charge in [0.15, 0.2) is 5.13 Å². The summed E-state index contributed by atoms with van der Waals surface area (Å²) in [5.41, 5.74) is 1.69. The molecule has 2 N–H and O–H groups in total. The SMILES string of the molecule is Cc1nc(NCCc2cccnc2)sc1C(=O)O. The predicted octanol–water partition coefficient (Wildman–Crippen LogP) is 2.20. The fourth-order valence-electron chi connectivity index (χ4n) is 1.53. The number of aryl methyl sites for hydroxylation is 1. The summed E-state index contributed by atoms with van der Waals surface area (Å²) in [6.07, 6.45) is 4.38. The molecule has 0 aliphatic rings. The summed E-state index contributed by atoms with van der Waals surface area (Å²) in [5, 5.41) is 12.7. The van der Waals surface area contributed by atoms with Crippen LogP contribution in [0.2, 0.25) is 0 Å². The van der Waals surface area contributed by atoms with Crippen LogP contribution < -0.4 is 5.32 Å². The van der Waals surface area contributed by atoms with Crippen molar-refractivity contribution < 1.29 is 9.90 Å². The summed E-state index contributed by atoms with van der Waals surface area (Å²) >= 11 is 1.17. The Morgan fingerprint density at radius 1 is 1.56 bits per heavy atom. The Bertz CT molecular complexity index is 540. The Kier molecular flexibility index (Phi) is 3.88. The maximum absolute atomic E-state index is 10.9. The van der Waals surface area contributed by atoms with E-state index in [-0.39, 0.29) is 0 Å². The number of carboxylic acid groups (broad SMARTS) is 1. The van der Waals surface area contributed by atoms with E-state index in [0.29, 0.717) is 22.2 Å². The first-order chi connectivity index (χ1) is 8.66. The first kappa shape index (κ1) is 12.5. The summed E-state index contributed by atoms with van der Waals surface area (Å²) in [6.45, 7) is 2.41. The smallest absolute Gasteiger partial charge is 0.347 e. The van der Waals surface area contributed by atoms with Crippen molar-refractivity contribution in [1.29, 1.82) is 0 Å². The molecule has 0 fully saturated rings. The quantitative estimate of drug-likeness (QED) is 0.865. The molecule has 0 aromatic carbocycles. The van der Waals surface area contributed by atoms with Gasteiger partial charge in [-0.25, -0.2) is 9.78 Å². The highest BCUT2D eigenvalue weighted by Gasteiger charge is 2.13.